The molecule has 0 aliphatic carbocycles. The first-order valence-electron chi connectivity index (χ1n) is 3.64. The van der Waals surface area contributed by atoms with E-state index in [0.29, 0.717) is 5.13 Å². The SMILES string of the molecule is Fc1ccc(Nc2ncns2)cc1. The van der Waals surface area contributed by atoms with Gasteiger partial charge in [0.15, 0.2) is 0 Å². The van der Waals surface area contributed by atoms with Gasteiger partial charge in [-0.2, -0.15) is 4.37 Å². The molecule has 2 rings (SSSR count). The van der Waals surface area contributed by atoms with Crippen LogP contribution < -0.4 is 5.32 Å². The third kappa shape index (κ3) is 2.00. The van der Waals surface area contributed by atoms with E-state index in [1.165, 1.54) is 30.0 Å². The highest BCUT2D eigenvalue weighted by Gasteiger charge is 1.96. The Kier molecular flexibility index (Phi) is 2.18. The molecular formula is C8H6FN3S. The molecule has 0 aliphatic rings. The number of rotatable bonds is 2. The zero-order valence-electron chi connectivity index (χ0n) is 6.57. The van der Waals surface area contributed by atoms with Crippen LogP contribution in [0.3, 0.4) is 0 Å². The maximum absolute atomic E-state index is 12.5. The second-order valence-corrected chi connectivity index (χ2v) is 3.16. The summed E-state index contributed by atoms with van der Waals surface area (Å²) in [4.78, 5) is 3.94. The van der Waals surface area contributed by atoms with Gasteiger partial charge in [0.05, 0.1) is 0 Å². The van der Waals surface area contributed by atoms with E-state index in [9.17, 15) is 4.39 Å². The maximum Gasteiger partial charge on any atom is 0.206 e. The van der Waals surface area contributed by atoms with Crippen molar-refractivity contribution in [2.24, 2.45) is 0 Å². The third-order valence-electron chi connectivity index (χ3n) is 1.46. The molecule has 0 bridgehead atoms. The molecule has 1 heterocycles. The molecule has 0 aliphatic heterocycles. The molecule has 0 fully saturated rings. The average molecular weight is 195 g/mol. The van der Waals surface area contributed by atoms with Gasteiger partial charge in [-0.15, -0.1) is 0 Å². The zero-order chi connectivity index (χ0) is 9.10. The minimum absolute atomic E-state index is 0.247. The van der Waals surface area contributed by atoms with Crippen molar-refractivity contribution in [1.29, 1.82) is 0 Å². The Morgan fingerprint density at radius 3 is 2.62 bits per heavy atom. The van der Waals surface area contributed by atoms with E-state index in [4.69, 9.17) is 0 Å². The molecule has 0 radical (unpaired) electrons. The predicted octanol–water partition coefficient (Wildman–Crippen LogP) is 2.42. The first-order chi connectivity index (χ1) is 6.34. The minimum atomic E-state index is -0.247. The summed E-state index contributed by atoms with van der Waals surface area (Å²) in [7, 11) is 0. The average Bonchev–Trinajstić information content (AvgIpc) is 2.62. The Bertz CT molecular complexity index is 371. The summed E-state index contributed by atoms with van der Waals surface area (Å²) < 4.78 is 16.3. The van der Waals surface area contributed by atoms with E-state index >= 15 is 0 Å². The molecule has 1 N–H and O–H groups in total. The molecule has 0 saturated carbocycles. The van der Waals surface area contributed by atoms with Crippen LogP contribution in [0.1, 0.15) is 0 Å². The van der Waals surface area contributed by atoms with Crippen molar-refractivity contribution in [3.8, 4) is 0 Å². The lowest BCUT2D eigenvalue weighted by atomic mass is 10.3. The van der Waals surface area contributed by atoms with Gasteiger partial charge in [0.25, 0.3) is 0 Å². The van der Waals surface area contributed by atoms with Crippen molar-refractivity contribution in [3.05, 3.63) is 36.4 Å². The van der Waals surface area contributed by atoms with Crippen LogP contribution in [-0.4, -0.2) is 9.36 Å². The van der Waals surface area contributed by atoms with Crippen LogP contribution >= 0.6 is 11.5 Å². The lowest BCUT2D eigenvalue weighted by Crippen LogP contribution is -1.88. The van der Waals surface area contributed by atoms with Crippen LogP contribution in [-0.2, 0) is 0 Å². The van der Waals surface area contributed by atoms with Crippen LogP contribution in [0, 0.1) is 5.82 Å². The van der Waals surface area contributed by atoms with E-state index in [1.807, 2.05) is 0 Å². The van der Waals surface area contributed by atoms with Gasteiger partial charge < -0.3 is 5.32 Å². The number of hydrogen-bond acceptors (Lipinski definition) is 4. The molecule has 66 valence electrons. The smallest absolute Gasteiger partial charge is 0.206 e. The Labute approximate surface area is 78.4 Å². The van der Waals surface area contributed by atoms with Gasteiger partial charge >= 0.3 is 0 Å². The summed E-state index contributed by atoms with van der Waals surface area (Å²) in [6.45, 7) is 0. The highest BCUT2D eigenvalue weighted by Crippen LogP contribution is 2.16. The van der Waals surface area contributed by atoms with E-state index < -0.39 is 0 Å². The second-order valence-electron chi connectivity index (χ2n) is 2.38. The summed E-state index contributed by atoms with van der Waals surface area (Å²) in [5.41, 5.74) is 0.804. The summed E-state index contributed by atoms with van der Waals surface area (Å²) in [6.07, 6.45) is 1.47. The van der Waals surface area contributed by atoms with Gasteiger partial charge in [0, 0.05) is 17.2 Å². The number of nitrogens with zero attached hydrogens (tertiary/aromatic N) is 2. The predicted molar refractivity (Wildman–Crippen MR) is 49.6 cm³/mol. The Balaban J connectivity index is 2.15. The standard InChI is InChI=1S/C8H6FN3S/c9-6-1-3-7(4-2-6)12-8-10-5-11-13-8/h1-5H,(H,10,11,12). The topological polar surface area (TPSA) is 37.8 Å². The van der Waals surface area contributed by atoms with Crippen molar-refractivity contribution < 1.29 is 4.39 Å². The fourth-order valence-electron chi connectivity index (χ4n) is 0.885. The van der Waals surface area contributed by atoms with Gasteiger partial charge in [-0.25, -0.2) is 9.37 Å². The number of benzene rings is 1. The van der Waals surface area contributed by atoms with E-state index in [1.54, 1.807) is 12.1 Å². The number of nitrogens with one attached hydrogen (secondary N) is 1. The van der Waals surface area contributed by atoms with Crippen LogP contribution in [0.25, 0.3) is 0 Å². The second kappa shape index (κ2) is 3.49. The lowest BCUT2D eigenvalue weighted by Gasteiger charge is -1.99. The van der Waals surface area contributed by atoms with Crippen LogP contribution in [0.2, 0.25) is 0 Å². The molecule has 0 spiro atoms. The fourth-order valence-corrected chi connectivity index (χ4v) is 1.34. The Hall–Kier alpha value is -1.49. The Morgan fingerprint density at radius 2 is 2.00 bits per heavy atom. The van der Waals surface area contributed by atoms with Gasteiger partial charge in [-0.1, -0.05) is 0 Å². The van der Waals surface area contributed by atoms with Gasteiger partial charge in [-0.3, -0.25) is 0 Å². The third-order valence-corrected chi connectivity index (χ3v) is 2.04. The summed E-state index contributed by atoms with van der Waals surface area (Å²) >= 11 is 1.26. The minimum Gasteiger partial charge on any atom is -0.330 e. The summed E-state index contributed by atoms with van der Waals surface area (Å²) in [6, 6.07) is 6.08. The summed E-state index contributed by atoms with van der Waals surface area (Å²) in [5.74, 6) is -0.247. The first kappa shape index (κ1) is 8.12. The molecular weight excluding hydrogens is 189 g/mol. The maximum atomic E-state index is 12.5. The van der Waals surface area contributed by atoms with E-state index in [-0.39, 0.29) is 5.82 Å². The molecule has 13 heavy (non-hydrogen) atoms. The quantitative estimate of drug-likeness (QED) is 0.799. The van der Waals surface area contributed by atoms with Crippen molar-refractivity contribution >= 4 is 22.4 Å². The lowest BCUT2D eigenvalue weighted by molar-refractivity contribution is 0.628. The molecule has 2 aromatic rings. The van der Waals surface area contributed by atoms with Gasteiger partial charge in [-0.05, 0) is 24.3 Å². The van der Waals surface area contributed by atoms with Gasteiger partial charge in [0.1, 0.15) is 12.1 Å². The van der Waals surface area contributed by atoms with E-state index in [0.717, 1.165) is 5.69 Å². The van der Waals surface area contributed by atoms with Crippen molar-refractivity contribution in [1.82, 2.24) is 9.36 Å². The van der Waals surface area contributed by atoms with Crippen LogP contribution in [0.4, 0.5) is 15.2 Å². The molecule has 5 heteroatoms. The van der Waals surface area contributed by atoms with Crippen molar-refractivity contribution in [2.75, 3.05) is 5.32 Å². The number of halogens is 1. The fraction of sp³-hybridized carbons (Fsp3) is 0. The van der Waals surface area contributed by atoms with E-state index in [2.05, 4.69) is 14.7 Å². The molecule has 0 saturated heterocycles. The van der Waals surface area contributed by atoms with Crippen molar-refractivity contribution in [3.63, 3.8) is 0 Å². The molecule has 0 atom stereocenters. The highest BCUT2D eigenvalue weighted by molar-refractivity contribution is 7.09. The largest absolute Gasteiger partial charge is 0.330 e. The molecule has 0 unspecified atom stereocenters. The Morgan fingerprint density at radius 1 is 1.23 bits per heavy atom. The molecule has 3 nitrogen and oxygen atoms in total. The van der Waals surface area contributed by atoms with Crippen LogP contribution in [0.5, 0.6) is 0 Å². The number of aromatic nitrogens is 2. The number of hydrogen-bond donors (Lipinski definition) is 1. The van der Waals surface area contributed by atoms with Crippen LogP contribution in [0.15, 0.2) is 30.6 Å². The zero-order valence-corrected chi connectivity index (χ0v) is 7.38. The molecule has 0 amide bonds. The normalized spacial score (nSPS) is 9.92. The first-order valence-corrected chi connectivity index (χ1v) is 4.41. The monoisotopic (exact) mass is 195 g/mol. The van der Waals surface area contributed by atoms with Gasteiger partial charge in [0.2, 0.25) is 5.13 Å². The molecule has 1 aromatic carbocycles. The van der Waals surface area contributed by atoms with Crippen molar-refractivity contribution in [2.45, 2.75) is 0 Å². The summed E-state index contributed by atoms with van der Waals surface area (Å²) in [5, 5.41) is 3.69. The molecule has 1 aromatic heterocycles. The number of anilines is 2. The highest BCUT2D eigenvalue weighted by atomic mass is 32.1.